The van der Waals surface area contributed by atoms with E-state index in [9.17, 15) is 9.59 Å². The SMILES string of the molecule is O=C1C(Cl)=C(Cl)C(=O)N1c1cccc2ccccc12. The van der Waals surface area contributed by atoms with Crippen LogP contribution in [0.5, 0.6) is 0 Å². The number of halogens is 2. The fourth-order valence-corrected chi connectivity index (χ4v) is 2.43. The van der Waals surface area contributed by atoms with Crippen LogP contribution >= 0.6 is 23.2 Å². The summed E-state index contributed by atoms with van der Waals surface area (Å²) in [5, 5.41) is 1.25. The first-order chi connectivity index (χ1) is 9.11. The number of fused-ring (bicyclic) bond motifs is 1. The minimum atomic E-state index is -0.590. The molecule has 3 nitrogen and oxygen atoms in total. The van der Waals surface area contributed by atoms with E-state index < -0.39 is 11.8 Å². The van der Waals surface area contributed by atoms with Crippen molar-refractivity contribution in [2.45, 2.75) is 0 Å². The highest BCUT2D eigenvalue weighted by molar-refractivity contribution is 6.62. The summed E-state index contributed by atoms with van der Waals surface area (Å²) in [6, 6.07) is 12.8. The van der Waals surface area contributed by atoms with Gasteiger partial charge in [0.15, 0.2) is 0 Å². The van der Waals surface area contributed by atoms with Crippen molar-refractivity contribution in [1.29, 1.82) is 0 Å². The number of rotatable bonds is 1. The largest absolute Gasteiger partial charge is 0.278 e. The summed E-state index contributed by atoms with van der Waals surface area (Å²) >= 11 is 11.5. The van der Waals surface area contributed by atoms with Gasteiger partial charge in [-0.2, -0.15) is 0 Å². The second-order valence-electron chi connectivity index (χ2n) is 4.07. The van der Waals surface area contributed by atoms with Crippen LogP contribution in [-0.4, -0.2) is 11.8 Å². The Morgan fingerprint density at radius 1 is 0.789 bits per heavy atom. The molecule has 0 atom stereocenters. The number of benzene rings is 2. The summed E-state index contributed by atoms with van der Waals surface area (Å²) in [6.45, 7) is 0. The summed E-state index contributed by atoms with van der Waals surface area (Å²) in [4.78, 5) is 25.0. The molecule has 0 spiro atoms. The Morgan fingerprint density at radius 3 is 2.05 bits per heavy atom. The monoisotopic (exact) mass is 291 g/mol. The molecule has 94 valence electrons. The van der Waals surface area contributed by atoms with E-state index in [4.69, 9.17) is 23.2 Å². The van der Waals surface area contributed by atoms with Crippen LogP contribution in [0.1, 0.15) is 0 Å². The summed E-state index contributed by atoms with van der Waals surface area (Å²) in [7, 11) is 0. The average Bonchev–Trinajstić information content (AvgIpc) is 2.63. The van der Waals surface area contributed by atoms with Crippen molar-refractivity contribution >= 4 is 51.5 Å². The van der Waals surface area contributed by atoms with Crippen LogP contribution in [0, 0.1) is 0 Å². The second kappa shape index (κ2) is 4.37. The van der Waals surface area contributed by atoms with Crippen molar-refractivity contribution in [1.82, 2.24) is 0 Å². The highest BCUT2D eigenvalue weighted by Gasteiger charge is 2.38. The van der Waals surface area contributed by atoms with Gasteiger partial charge in [0, 0.05) is 5.39 Å². The smallest absolute Gasteiger partial charge is 0.267 e. The molecular formula is C14H7Cl2NO2. The maximum Gasteiger partial charge on any atom is 0.278 e. The van der Waals surface area contributed by atoms with Crippen molar-refractivity contribution in [3.05, 3.63) is 52.5 Å². The molecule has 5 heteroatoms. The molecule has 2 amide bonds. The van der Waals surface area contributed by atoms with Gasteiger partial charge >= 0.3 is 0 Å². The van der Waals surface area contributed by atoms with Gasteiger partial charge < -0.3 is 0 Å². The van der Waals surface area contributed by atoms with E-state index in [0.29, 0.717) is 5.69 Å². The zero-order chi connectivity index (χ0) is 13.6. The fourth-order valence-electron chi connectivity index (χ4n) is 2.10. The molecule has 1 aliphatic rings. The molecule has 0 unspecified atom stereocenters. The first kappa shape index (κ1) is 12.2. The maximum absolute atomic E-state index is 12.0. The lowest BCUT2D eigenvalue weighted by atomic mass is 10.1. The number of nitrogens with zero attached hydrogens (tertiary/aromatic N) is 1. The minimum absolute atomic E-state index is 0.236. The highest BCUT2D eigenvalue weighted by atomic mass is 35.5. The van der Waals surface area contributed by atoms with Crippen LogP contribution in [0.15, 0.2) is 52.5 Å². The Hall–Kier alpha value is -1.84. The highest BCUT2D eigenvalue weighted by Crippen LogP contribution is 2.34. The van der Waals surface area contributed by atoms with Crippen LogP contribution in [0.2, 0.25) is 0 Å². The Labute approximate surface area is 119 Å². The van der Waals surface area contributed by atoms with E-state index >= 15 is 0 Å². The van der Waals surface area contributed by atoms with Crippen LogP contribution in [0.3, 0.4) is 0 Å². The summed E-state index contributed by atoms with van der Waals surface area (Å²) in [5.41, 5.74) is 0.488. The molecule has 2 aromatic carbocycles. The predicted molar refractivity (Wildman–Crippen MR) is 75.2 cm³/mol. The van der Waals surface area contributed by atoms with Gasteiger partial charge in [0.1, 0.15) is 10.1 Å². The number of amides is 2. The standard InChI is InChI=1S/C14H7Cl2NO2/c15-11-12(16)14(19)17(13(11)18)10-7-3-5-8-4-1-2-6-9(8)10/h1-7H. The van der Waals surface area contributed by atoms with E-state index in [1.807, 2.05) is 30.3 Å². The van der Waals surface area contributed by atoms with Gasteiger partial charge in [-0.25, -0.2) is 4.90 Å². The van der Waals surface area contributed by atoms with Crippen molar-refractivity contribution in [2.75, 3.05) is 4.90 Å². The lowest BCUT2D eigenvalue weighted by Crippen LogP contribution is -2.31. The van der Waals surface area contributed by atoms with Gasteiger partial charge in [-0.05, 0) is 11.5 Å². The number of anilines is 1. The first-order valence-corrected chi connectivity index (χ1v) is 6.28. The molecule has 0 saturated heterocycles. The third-order valence-corrected chi connectivity index (χ3v) is 3.78. The van der Waals surface area contributed by atoms with Crippen LogP contribution < -0.4 is 4.90 Å². The average molecular weight is 292 g/mol. The number of hydrogen-bond donors (Lipinski definition) is 0. The Balaban J connectivity index is 2.22. The van der Waals surface area contributed by atoms with Crippen molar-refractivity contribution in [2.24, 2.45) is 0 Å². The van der Waals surface area contributed by atoms with Gasteiger partial charge in [-0.3, -0.25) is 9.59 Å². The Kier molecular flexibility index (Phi) is 2.81. The van der Waals surface area contributed by atoms with Crippen molar-refractivity contribution < 1.29 is 9.59 Å². The van der Waals surface area contributed by atoms with Gasteiger partial charge in [-0.1, -0.05) is 59.6 Å². The summed E-state index contributed by atoms with van der Waals surface area (Å²) in [6.07, 6.45) is 0. The van der Waals surface area contributed by atoms with Gasteiger partial charge in [-0.15, -0.1) is 0 Å². The van der Waals surface area contributed by atoms with Gasteiger partial charge in [0.2, 0.25) is 0 Å². The van der Waals surface area contributed by atoms with Crippen LogP contribution in [0.4, 0.5) is 5.69 Å². The van der Waals surface area contributed by atoms with E-state index in [2.05, 4.69) is 0 Å². The van der Waals surface area contributed by atoms with Crippen LogP contribution in [-0.2, 0) is 9.59 Å². The van der Waals surface area contributed by atoms with Crippen LogP contribution in [0.25, 0.3) is 10.8 Å². The molecule has 0 bridgehead atoms. The van der Waals surface area contributed by atoms with Crippen molar-refractivity contribution in [3.8, 4) is 0 Å². The molecule has 1 aliphatic heterocycles. The maximum atomic E-state index is 12.0. The predicted octanol–water partition coefficient (Wildman–Crippen LogP) is 3.40. The second-order valence-corrected chi connectivity index (χ2v) is 4.83. The summed E-state index contributed by atoms with van der Waals surface area (Å²) in [5.74, 6) is -1.18. The molecule has 0 N–H and O–H groups in total. The number of carbonyl (C=O) groups is 2. The van der Waals surface area contributed by atoms with E-state index in [1.54, 1.807) is 12.1 Å². The number of carbonyl (C=O) groups excluding carboxylic acids is 2. The lowest BCUT2D eigenvalue weighted by molar-refractivity contribution is -0.120. The van der Waals surface area contributed by atoms with Gasteiger partial charge in [0.25, 0.3) is 11.8 Å². The normalized spacial score (nSPS) is 15.8. The lowest BCUT2D eigenvalue weighted by Gasteiger charge is -2.16. The third-order valence-electron chi connectivity index (χ3n) is 2.98. The molecule has 3 rings (SSSR count). The Bertz CT molecular complexity index is 723. The molecule has 1 heterocycles. The quantitative estimate of drug-likeness (QED) is 0.755. The molecule has 0 radical (unpaired) electrons. The fraction of sp³-hybridized carbons (Fsp3) is 0. The first-order valence-electron chi connectivity index (χ1n) is 5.53. The topological polar surface area (TPSA) is 37.4 Å². The van der Waals surface area contributed by atoms with Gasteiger partial charge in [0.05, 0.1) is 5.69 Å². The van der Waals surface area contributed by atoms with E-state index in [-0.39, 0.29) is 10.1 Å². The zero-order valence-corrected chi connectivity index (χ0v) is 11.1. The van der Waals surface area contributed by atoms with E-state index in [0.717, 1.165) is 15.7 Å². The minimum Gasteiger partial charge on any atom is -0.267 e. The Morgan fingerprint density at radius 2 is 1.37 bits per heavy atom. The molecule has 0 aliphatic carbocycles. The molecule has 0 saturated carbocycles. The summed E-state index contributed by atoms with van der Waals surface area (Å²) < 4.78 is 0. The number of imide groups is 1. The molecule has 0 fully saturated rings. The molecular weight excluding hydrogens is 285 g/mol. The number of hydrogen-bond acceptors (Lipinski definition) is 2. The molecule has 2 aromatic rings. The third kappa shape index (κ3) is 1.74. The van der Waals surface area contributed by atoms with E-state index in [1.165, 1.54) is 0 Å². The molecule has 19 heavy (non-hydrogen) atoms. The molecule has 0 aromatic heterocycles. The van der Waals surface area contributed by atoms with Crippen molar-refractivity contribution in [3.63, 3.8) is 0 Å². The zero-order valence-electron chi connectivity index (χ0n) is 9.56.